The summed E-state index contributed by atoms with van der Waals surface area (Å²) in [6, 6.07) is 0. The number of amides is 2. The molecule has 3 fully saturated rings. The molecule has 2 saturated heterocycles. The van der Waals surface area contributed by atoms with E-state index >= 15 is 0 Å². The molecule has 0 radical (unpaired) electrons. The molecule has 2 amide bonds. The van der Waals surface area contributed by atoms with Gasteiger partial charge in [-0.1, -0.05) is 0 Å². The van der Waals surface area contributed by atoms with E-state index in [1.807, 2.05) is 4.90 Å². The fourth-order valence-electron chi connectivity index (χ4n) is 3.27. The van der Waals surface area contributed by atoms with Gasteiger partial charge in [0.25, 0.3) is 0 Å². The molecule has 18 heavy (non-hydrogen) atoms. The molecule has 0 aromatic heterocycles. The number of hydrogen-bond acceptors (Lipinski definition) is 2. The van der Waals surface area contributed by atoms with Crippen LogP contribution in [-0.4, -0.2) is 53.1 Å². The zero-order valence-electron chi connectivity index (χ0n) is 10.6. The van der Waals surface area contributed by atoms with Crippen LogP contribution in [0.3, 0.4) is 0 Å². The first-order valence-electron chi connectivity index (χ1n) is 6.84. The smallest absolute Gasteiger partial charge is 0.407 e. The number of carboxylic acid groups (broad SMARTS) is 1. The maximum atomic E-state index is 12.0. The second-order valence-corrected chi connectivity index (χ2v) is 6.16. The van der Waals surface area contributed by atoms with Crippen molar-refractivity contribution in [2.45, 2.75) is 32.1 Å². The SMILES string of the molecule is O=C(O)N1CCC2(CC1)CC(=O)N(CC1CC1)C2. The summed E-state index contributed by atoms with van der Waals surface area (Å²) in [5.74, 6) is 1.02. The number of hydrogen-bond donors (Lipinski definition) is 1. The topological polar surface area (TPSA) is 60.9 Å². The van der Waals surface area contributed by atoms with Gasteiger partial charge in [0.1, 0.15) is 0 Å². The van der Waals surface area contributed by atoms with Gasteiger partial charge in [-0.3, -0.25) is 4.79 Å². The van der Waals surface area contributed by atoms with Gasteiger partial charge in [-0.25, -0.2) is 4.79 Å². The Hall–Kier alpha value is -1.26. The van der Waals surface area contributed by atoms with Gasteiger partial charge >= 0.3 is 6.09 Å². The molecule has 0 unspecified atom stereocenters. The van der Waals surface area contributed by atoms with Gasteiger partial charge in [0.05, 0.1) is 0 Å². The van der Waals surface area contributed by atoms with E-state index in [4.69, 9.17) is 5.11 Å². The molecule has 2 heterocycles. The van der Waals surface area contributed by atoms with E-state index < -0.39 is 6.09 Å². The van der Waals surface area contributed by atoms with E-state index in [0.29, 0.717) is 19.5 Å². The van der Waals surface area contributed by atoms with E-state index in [-0.39, 0.29) is 11.3 Å². The van der Waals surface area contributed by atoms with Crippen molar-refractivity contribution in [1.82, 2.24) is 9.80 Å². The number of nitrogens with zero attached hydrogens (tertiary/aromatic N) is 2. The molecule has 1 saturated carbocycles. The van der Waals surface area contributed by atoms with Gasteiger partial charge in [-0.15, -0.1) is 0 Å². The number of carbonyl (C=O) groups excluding carboxylic acids is 1. The summed E-state index contributed by atoms with van der Waals surface area (Å²) in [7, 11) is 0. The molecule has 1 N–H and O–H groups in total. The number of rotatable bonds is 2. The standard InChI is InChI=1S/C13H20N2O3/c16-11-7-13(9-15(11)8-10-1-2-10)3-5-14(6-4-13)12(17)18/h10H,1-9H2,(H,17,18). The van der Waals surface area contributed by atoms with Crippen LogP contribution in [0.5, 0.6) is 0 Å². The lowest BCUT2D eigenvalue weighted by Gasteiger charge is -2.37. The molecular formula is C13H20N2O3. The molecule has 0 aromatic rings. The number of carbonyl (C=O) groups is 2. The summed E-state index contributed by atoms with van der Waals surface area (Å²) >= 11 is 0. The predicted molar refractivity (Wildman–Crippen MR) is 65.2 cm³/mol. The second-order valence-electron chi connectivity index (χ2n) is 6.16. The molecule has 0 bridgehead atoms. The molecule has 5 heteroatoms. The predicted octanol–water partition coefficient (Wildman–Crippen LogP) is 1.39. The Morgan fingerprint density at radius 3 is 2.56 bits per heavy atom. The van der Waals surface area contributed by atoms with Crippen LogP contribution in [0.15, 0.2) is 0 Å². The molecule has 3 rings (SSSR count). The lowest BCUT2D eigenvalue weighted by Crippen LogP contribution is -2.43. The Kier molecular flexibility index (Phi) is 2.72. The highest BCUT2D eigenvalue weighted by Gasteiger charge is 2.46. The van der Waals surface area contributed by atoms with Crippen molar-refractivity contribution >= 4 is 12.0 Å². The molecule has 0 aromatic carbocycles. The highest BCUT2D eigenvalue weighted by atomic mass is 16.4. The van der Waals surface area contributed by atoms with Crippen molar-refractivity contribution in [2.75, 3.05) is 26.2 Å². The van der Waals surface area contributed by atoms with E-state index in [1.54, 1.807) is 0 Å². The maximum Gasteiger partial charge on any atom is 0.407 e. The van der Waals surface area contributed by atoms with E-state index in [0.717, 1.165) is 31.8 Å². The van der Waals surface area contributed by atoms with Crippen LogP contribution < -0.4 is 0 Å². The average molecular weight is 252 g/mol. The van der Waals surface area contributed by atoms with E-state index in [2.05, 4.69) is 0 Å². The van der Waals surface area contributed by atoms with Crippen LogP contribution in [0.1, 0.15) is 32.1 Å². The maximum absolute atomic E-state index is 12.0. The lowest BCUT2D eigenvalue weighted by atomic mass is 9.78. The highest BCUT2D eigenvalue weighted by Crippen LogP contribution is 2.42. The molecule has 3 aliphatic rings. The first-order valence-corrected chi connectivity index (χ1v) is 6.84. The fourth-order valence-corrected chi connectivity index (χ4v) is 3.27. The molecule has 1 aliphatic carbocycles. The Balaban J connectivity index is 1.60. The van der Waals surface area contributed by atoms with Crippen LogP contribution in [0.2, 0.25) is 0 Å². The molecule has 2 aliphatic heterocycles. The van der Waals surface area contributed by atoms with Crippen molar-refractivity contribution in [2.24, 2.45) is 11.3 Å². The van der Waals surface area contributed by atoms with Gasteiger partial charge in [0.2, 0.25) is 5.91 Å². The largest absolute Gasteiger partial charge is 0.465 e. The van der Waals surface area contributed by atoms with E-state index in [1.165, 1.54) is 17.7 Å². The fraction of sp³-hybridized carbons (Fsp3) is 0.846. The summed E-state index contributed by atoms with van der Waals surface area (Å²) in [6.45, 7) is 2.96. The number of likely N-dealkylation sites (tertiary alicyclic amines) is 2. The van der Waals surface area contributed by atoms with Crippen LogP contribution in [0.25, 0.3) is 0 Å². The third kappa shape index (κ3) is 2.18. The van der Waals surface area contributed by atoms with Gasteiger partial charge in [-0.2, -0.15) is 0 Å². The summed E-state index contributed by atoms with van der Waals surface area (Å²) in [4.78, 5) is 26.4. The Bertz CT molecular complexity index is 370. The molecule has 0 atom stereocenters. The Morgan fingerprint density at radius 1 is 1.33 bits per heavy atom. The zero-order valence-corrected chi connectivity index (χ0v) is 10.6. The summed E-state index contributed by atoms with van der Waals surface area (Å²) in [5, 5.41) is 8.95. The lowest BCUT2D eigenvalue weighted by molar-refractivity contribution is -0.128. The molecule has 1 spiro atoms. The van der Waals surface area contributed by atoms with E-state index in [9.17, 15) is 9.59 Å². The minimum atomic E-state index is -0.830. The second kappa shape index (κ2) is 4.14. The van der Waals surface area contributed by atoms with Crippen molar-refractivity contribution in [3.63, 3.8) is 0 Å². The average Bonchev–Trinajstić information content (AvgIpc) is 3.07. The minimum absolute atomic E-state index is 0.0674. The van der Waals surface area contributed by atoms with Gasteiger partial charge in [-0.05, 0) is 31.6 Å². The van der Waals surface area contributed by atoms with Crippen molar-refractivity contribution < 1.29 is 14.7 Å². The molecule has 5 nitrogen and oxygen atoms in total. The van der Waals surface area contributed by atoms with Gasteiger partial charge in [0.15, 0.2) is 0 Å². The normalized spacial score (nSPS) is 27.0. The third-order valence-corrected chi connectivity index (χ3v) is 4.68. The first kappa shape index (κ1) is 11.8. The van der Waals surface area contributed by atoms with Gasteiger partial charge in [0, 0.05) is 38.0 Å². The monoisotopic (exact) mass is 252 g/mol. The quantitative estimate of drug-likeness (QED) is 0.808. The third-order valence-electron chi connectivity index (χ3n) is 4.68. The minimum Gasteiger partial charge on any atom is -0.465 e. The van der Waals surface area contributed by atoms with Crippen LogP contribution in [0, 0.1) is 11.3 Å². The summed E-state index contributed by atoms with van der Waals surface area (Å²) in [5.41, 5.74) is 0.0674. The van der Waals surface area contributed by atoms with Crippen LogP contribution in [-0.2, 0) is 4.79 Å². The Labute approximate surface area is 107 Å². The molecular weight excluding hydrogens is 232 g/mol. The zero-order chi connectivity index (χ0) is 12.8. The highest BCUT2D eigenvalue weighted by molar-refractivity contribution is 5.79. The van der Waals surface area contributed by atoms with Crippen LogP contribution >= 0.6 is 0 Å². The summed E-state index contributed by atoms with van der Waals surface area (Å²) in [6.07, 6.45) is 4.02. The Morgan fingerprint density at radius 2 is 2.00 bits per heavy atom. The van der Waals surface area contributed by atoms with Crippen molar-refractivity contribution in [1.29, 1.82) is 0 Å². The van der Waals surface area contributed by atoms with Crippen molar-refractivity contribution in [3.05, 3.63) is 0 Å². The van der Waals surface area contributed by atoms with Crippen LogP contribution in [0.4, 0.5) is 4.79 Å². The van der Waals surface area contributed by atoms with Gasteiger partial charge < -0.3 is 14.9 Å². The molecule has 100 valence electrons. The number of piperidine rings is 1. The summed E-state index contributed by atoms with van der Waals surface area (Å²) < 4.78 is 0. The first-order chi connectivity index (χ1) is 8.58. The van der Waals surface area contributed by atoms with Crippen molar-refractivity contribution in [3.8, 4) is 0 Å².